The van der Waals surface area contributed by atoms with E-state index in [9.17, 15) is 4.79 Å². The van der Waals surface area contributed by atoms with E-state index in [2.05, 4.69) is 41.7 Å². The topological polar surface area (TPSA) is 55.1 Å². The molecular weight excluding hydrogens is 380 g/mol. The van der Waals surface area contributed by atoms with E-state index in [0.717, 1.165) is 23.2 Å². The highest BCUT2D eigenvalue weighted by atomic mass is 16.1. The van der Waals surface area contributed by atoms with Gasteiger partial charge in [-0.25, -0.2) is 0 Å². The summed E-state index contributed by atoms with van der Waals surface area (Å²) in [4.78, 5) is 12.7. The molecule has 0 bridgehead atoms. The van der Waals surface area contributed by atoms with Gasteiger partial charge in [0.25, 0.3) is 5.91 Å². The van der Waals surface area contributed by atoms with Crippen molar-refractivity contribution in [3.63, 3.8) is 0 Å². The molecule has 31 heavy (non-hydrogen) atoms. The Hall–Kier alpha value is -3.69. The van der Waals surface area contributed by atoms with Crippen LogP contribution < -0.4 is 11.1 Å². The monoisotopic (exact) mass is 404 g/mol. The SMILES string of the molecule is N[C@@]1(c2ccccc2)C[C@H]1c1ccc(NC(=O)c2ccc(-c3ccccc3)cc2)cc1. The first-order valence-electron chi connectivity index (χ1n) is 10.5. The zero-order valence-electron chi connectivity index (χ0n) is 17.2. The number of hydrogen-bond donors (Lipinski definition) is 2. The third kappa shape index (κ3) is 3.88. The molecule has 3 nitrogen and oxygen atoms in total. The van der Waals surface area contributed by atoms with Gasteiger partial charge in [-0.2, -0.15) is 0 Å². The highest BCUT2D eigenvalue weighted by Gasteiger charge is 2.52. The molecule has 1 amide bonds. The summed E-state index contributed by atoms with van der Waals surface area (Å²) in [7, 11) is 0. The zero-order valence-corrected chi connectivity index (χ0v) is 17.2. The Balaban J connectivity index is 1.25. The van der Waals surface area contributed by atoms with Crippen molar-refractivity contribution in [1.82, 2.24) is 0 Å². The molecule has 2 atom stereocenters. The number of hydrogen-bond acceptors (Lipinski definition) is 2. The average molecular weight is 405 g/mol. The maximum absolute atomic E-state index is 12.7. The predicted octanol–water partition coefficient (Wildman–Crippen LogP) is 5.95. The summed E-state index contributed by atoms with van der Waals surface area (Å²) >= 11 is 0. The lowest BCUT2D eigenvalue weighted by Crippen LogP contribution is -2.21. The molecule has 1 aliphatic carbocycles. The van der Waals surface area contributed by atoms with Gasteiger partial charge in [-0.15, -0.1) is 0 Å². The van der Waals surface area contributed by atoms with Crippen molar-refractivity contribution in [2.75, 3.05) is 5.32 Å². The molecule has 3 heteroatoms. The fraction of sp³-hybridized carbons (Fsp3) is 0.107. The lowest BCUT2D eigenvalue weighted by molar-refractivity contribution is 0.102. The smallest absolute Gasteiger partial charge is 0.255 e. The molecule has 0 heterocycles. The number of nitrogens with one attached hydrogen (secondary N) is 1. The molecule has 0 aliphatic heterocycles. The first-order valence-corrected chi connectivity index (χ1v) is 10.5. The maximum Gasteiger partial charge on any atom is 0.255 e. The summed E-state index contributed by atoms with van der Waals surface area (Å²) in [6, 6.07) is 36.1. The van der Waals surface area contributed by atoms with Crippen LogP contribution in [-0.4, -0.2) is 5.91 Å². The molecule has 4 aromatic rings. The van der Waals surface area contributed by atoms with E-state index in [1.807, 2.05) is 72.8 Å². The number of amides is 1. The van der Waals surface area contributed by atoms with Gasteiger partial charge >= 0.3 is 0 Å². The van der Waals surface area contributed by atoms with Crippen LogP contribution in [0.2, 0.25) is 0 Å². The van der Waals surface area contributed by atoms with Gasteiger partial charge in [0, 0.05) is 22.7 Å². The number of carbonyl (C=O) groups is 1. The summed E-state index contributed by atoms with van der Waals surface area (Å²) in [6.07, 6.45) is 0.941. The van der Waals surface area contributed by atoms with Crippen LogP contribution in [0.5, 0.6) is 0 Å². The summed E-state index contributed by atoms with van der Waals surface area (Å²) in [5.74, 6) is 0.196. The molecule has 0 aromatic heterocycles. The van der Waals surface area contributed by atoms with Crippen molar-refractivity contribution >= 4 is 11.6 Å². The highest BCUT2D eigenvalue weighted by Crippen LogP contribution is 2.56. The Labute approximate surface area is 182 Å². The summed E-state index contributed by atoms with van der Waals surface area (Å²) in [6.45, 7) is 0. The van der Waals surface area contributed by atoms with Crippen molar-refractivity contribution in [3.8, 4) is 11.1 Å². The minimum absolute atomic E-state index is 0.115. The van der Waals surface area contributed by atoms with E-state index in [-0.39, 0.29) is 11.4 Å². The molecule has 3 N–H and O–H groups in total. The Bertz CT molecular complexity index is 1190. The Morgan fingerprint density at radius 3 is 1.97 bits per heavy atom. The molecule has 5 rings (SSSR count). The zero-order chi connectivity index (χ0) is 21.3. The van der Waals surface area contributed by atoms with Crippen LogP contribution in [0.1, 0.15) is 33.8 Å². The summed E-state index contributed by atoms with van der Waals surface area (Å²) in [5, 5.41) is 2.99. The van der Waals surface area contributed by atoms with Gasteiger partial charge in [0.2, 0.25) is 0 Å². The molecule has 1 aliphatic rings. The van der Waals surface area contributed by atoms with Crippen molar-refractivity contribution in [2.24, 2.45) is 5.73 Å². The molecule has 0 saturated heterocycles. The van der Waals surface area contributed by atoms with Crippen LogP contribution in [0.15, 0.2) is 109 Å². The van der Waals surface area contributed by atoms with E-state index in [1.54, 1.807) is 0 Å². The number of benzene rings is 4. The Morgan fingerprint density at radius 2 is 1.32 bits per heavy atom. The second-order valence-corrected chi connectivity index (χ2v) is 8.18. The van der Waals surface area contributed by atoms with Crippen molar-refractivity contribution in [3.05, 3.63) is 126 Å². The van der Waals surface area contributed by atoms with Crippen molar-refractivity contribution in [2.45, 2.75) is 17.9 Å². The Morgan fingerprint density at radius 1 is 0.742 bits per heavy atom. The first-order chi connectivity index (χ1) is 15.1. The average Bonchev–Trinajstić information content (AvgIpc) is 3.53. The van der Waals surface area contributed by atoms with Gasteiger partial charge in [-0.1, -0.05) is 84.9 Å². The third-order valence-corrected chi connectivity index (χ3v) is 6.14. The predicted molar refractivity (Wildman–Crippen MR) is 126 cm³/mol. The molecule has 152 valence electrons. The van der Waals surface area contributed by atoms with E-state index in [1.165, 1.54) is 11.1 Å². The van der Waals surface area contributed by atoms with Gasteiger partial charge in [-0.05, 0) is 52.9 Å². The van der Waals surface area contributed by atoms with Crippen LogP contribution in [0.3, 0.4) is 0 Å². The standard InChI is InChI=1S/C28H24N2O/c29-28(24-9-5-2-6-10-24)19-26(28)22-15-17-25(18-16-22)30-27(31)23-13-11-21(12-14-23)20-7-3-1-4-8-20/h1-18,26H,19,29H2,(H,30,31)/t26-,28+/m0/s1. The van der Waals surface area contributed by atoms with Gasteiger partial charge in [0.05, 0.1) is 0 Å². The molecule has 4 aromatic carbocycles. The van der Waals surface area contributed by atoms with Crippen LogP contribution in [-0.2, 0) is 5.54 Å². The first kappa shape index (κ1) is 19.3. The lowest BCUT2D eigenvalue weighted by Gasteiger charge is -2.13. The summed E-state index contributed by atoms with van der Waals surface area (Å²) < 4.78 is 0. The second-order valence-electron chi connectivity index (χ2n) is 8.18. The molecule has 1 saturated carbocycles. The quantitative estimate of drug-likeness (QED) is 0.432. The van der Waals surface area contributed by atoms with E-state index >= 15 is 0 Å². The van der Waals surface area contributed by atoms with Gasteiger partial charge in [0.1, 0.15) is 0 Å². The Kier molecular flexibility index (Phi) is 4.89. The normalized spacial score (nSPS) is 19.6. The van der Waals surface area contributed by atoms with Crippen molar-refractivity contribution < 1.29 is 4.79 Å². The number of rotatable bonds is 5. The third-order valence-electron chi connectivity index (χ3n) is 6.14. The number of anilines is 1. The summed E-state index contributed by atoms with van der Waals surface area (Å²) in [5.41, 5.74) is 12.4. The van der Waals surface area contributed by atoms with E-state index in [4.69, 9.17) is 5.73 Å². The molecule has 0 spiro atoms. The maximum atomic E-state index is 12.7. The molecule has 0 radical (unpaired) electrons. The van der Waals surface area contributed by atoms with Gasteiger partial charge in [-0.3, -0.25) is 4.79 Å². The van der Waals surface area contributed by atoms with Crippen LogP contribution in [0.25, 0.3) is 11.1 Å². The molecule has 1 fully saturated rings. The fourth-order valence-corrected chi connectivity index (χ4v) is 4.21. The van der Waals surface area contributed by atoms with Crippen molar-refractivity contribution in [1.29, 1.82) is 0 Å². The van der Waals surface area contributed by atoms with Gasteiger partial charge in [0.15, 0.2) is 0 Å². The fourth-order valence-electron chi connectivity index (χ4n) is 4.21. The van der Waals surface area contributed by atoms with Crippen LogP contribution in [0, 0.1) is 0 Å². The van der Waals surface area contributed by atoms with Crippen LogP contribution in [0.4, 0.5) is 5.69 Å². The lowest BCUT2D eigenvalue weighted by atomic mass is 9.99. The minimum atomic E-state index is -0.285. The number of nitrogens with two attached hydrogens (primary N) is 1. The highest BCUT2D eigenvalue weighted by molar-refractivity contribution is 6.04. The van der Waals surface area contributed by atoms with E-state index < -0.39 is 0 Å². The van der Waals surface area contributed by atoms with Gasteiger partial charge < -0.3 is 11.1 Å². The minimum Gasteiger partial charge on any atom is -0.322 e. The van der Waals surface area contributed by atoms with Crippen LogP contribution >= 0.6 is 0 Å². The number of carbonyl (C=O) groups excluding carboxylic acids is 1. The second kappa shape index (κ2) is 7.86. The molecular formula is C28H24N2O. The largest absolute Gasteiger partial charge is 0.322 e. The molecule has 0 unspecified atom stereocenters. The van der Waals surface area contributed by atoms with E-state index in [0.29, 0.717) is 11.5 Å².